The van der Waals surface area contributed by atoms with Gasteiger partial charge in [-0.3, -0.25) is 9.59 Å². The molecule has 1 unspecified atom stereocenters. The Morgan fingerprint density at radius 2 is 2.14 bits per heavy atom. The lowest BCUT2D eigenvalue weighted by molar-refractivity contribution is -0.126. The van der Waals surface area contributed by atoms with Crippen LogP contribution in [0.1, 0.15) is 24.8 Å². The first-order valence-corrected chi connectivity index (χ1v) is 7.51. The summed E-state index contributed by atoms with van der Waals surface area (Å²) in [4.78, 5) is 23.7. The van der Waals surface area contributed by atoms with Crippen molar-refractivity contribution in [2.24, 2.45) is 0 Å². The normalized spacial score (nSPS) is 17.3. The van der Waals surface area contributed by atoms with Gasteiger partial charge in [-0.05, 0) is 44.0 Å². The van der Waals surface area contributed by atoms with E-state index >= 15 is 0 Å². The van der Waals surface area contributed by atoms with Gasteiger partial charge in [0.1, 0.15) is 0 Å². The third-order valence-electron chi connectivity index (χ3n) is 3.45. The number of piperidine rings is 1. The highest BCUT2D eigenvalue weighted by Gasteiger charge is 2.20. The van der Waals surface area contributed by atoms with Gasteiger partial charge in [-0.1, -0.05) is 24.1 Å². The maximum absolute atomic E-state index is 11.9. The molecule has 1 atom stereocenters. The minimum absolute atomic E-state index is 0. The summed E-state index contributed by atoms with van der Waals surface area (Å²) in [5.41, 5.74) is 1.58. The quantitative estimate of drug-likeness (QED) is 0.783. The van der Waals surface area contributed by atoms with E-state index in [0.29, 0.717) is 10.7 Å². The molecule has 122 valence electrons. The molecule has 5 nitrogen and oxygen atoms in total. The van der Waals surface area contributed by atoms with Crippen LogP contribution in [0.25, 0.3) is 0 Å². The van der Waals surface area contributed by atoms with Crippen molar-refractivity contribution in [3.05, 3.63) is 28.8 Å². The maximum atomic E-state index is 11.9. The molecule has 0 spiro atoms. The molecular formula is C15H21Cl2N3O2. The molecule has 2 rings (SSSR count). The third kappa shape index (κ3) is 5.48. The Kier molecular flexibility index (Phi) is 7.65. The number of hydrogen-bond donors (Lipinski definition) is 3. The Hall–Kier alpha value is -1.30. The lowest BCUT2D eigenvalue weighted by Crippen LogP contribution is -2.48. The van der Waals surface area contributed by atoms with E-state index < -0.39 is 0 Å². The molecular weight excluding hydrogens is 325 g/mol. The van der Waals surface area contributed by atoms with Crippen LogP contribution in [0.2, 0.25) is 5.02 Å². The van der Waals surface area contributed by atoms with Crippen LogP contribution in [0.5, 0.6) is 0 Å². The van der Waals surface area contributed by atoms with Gasteiger partial charge in [0, 0.05) is 0 Å². The highest BCUT2D eigenvalue weighted by Crippen LogP contribution is 2.22. The zero-order chi connectivity index (χ0) is 15.2. The van der Waals surface area contributed by atoms with Gasteiger partial charge in [-0.2, -0.15) is 0 Å². The van der Waals surface area contributed by atoms with Gasteiger partial charge in [0.05, 0.1) is 23.3 Å². The van der Waals surface area contributed by atoms with E-state index in [9.17, 15) is 9.59 Å². The Bertz CT molecular complexity index is 532. The number of hydrogen-bond acceptors (Lipinski definition) is 3. The molecule has 2 amide bonds. The van der Waals surface area contributed by atoms with E-state index in [4.69, 9.17) is 11.6 Å². The molecule has 1 fully saturated rings. The van der Waals surface area contributed by atoms with Gasteiger partial charge in [-0.15, -0.1) is 12.4 Å². The Morgan fingerprint density at radius 3 is 2.77 bits per heavy atom. The van der Waals surface area contributed by atoms with Crippen molar-refractivity contribution in [1.29, 1.82) is 0 Å². The standard InChI is InChI=1S/C15H20ClN3O2.ClH/c1-10-5-6-12(11(16)8-10)19-14(20)9-18-15(21)13-4-2-3-7-17-13;/h5-6,8,13,17H,2-4,7,9H2,1H3,(H,18,21)(H,19,20);1H. The zero-order valence-corrected chi connectivity index (χ0v) is 14.0. The molecule has 1 aliphatic heterocycles. The summed E-state index contributed by atoms with van der Waals surface area (Å²) in [5.74, 6) is -0.412. The van der Waals surface area contributed by atoms with Gasteiger partial charge >= 0.3 is 0 Å². The maximum Gasteiger partial charge on any atom is 0.243 e. The van der Waals surface area contributed by atoms with Crippen molar-refractivity contribution in [2.45, 2.75) is 32.2 Å². The number of benzene rings is 1. The van der Waals surface area contributed by atoms with Crippen molar-refractivity contribution in [3.63, 3.8) is 0 Å². The summed E-state index contributed by atoms with van der Waals surface area (Å²) in [7, 11) is 0. The van der Waals surface area contributed by atoms with E-state index in [2.05, 4.69) is 16.0 Å². The van der Waals surface area contributed by atoms with E-state index in [-0.39, 0.29) is 36.8 Å². The molecule has 1 aromatic rings. The van der Waals surface area contributed by atoms with Crippen LogP contribution in [0.4, 0.5) is 5.69 Å². The average molecular weight is 346 g/mol. The highest BCUT2D eigenvalue weighted by molar-refractivity contribution is 6.33. The van der Waals surface area contributed by atoms with Crippen LogP contribution in [0, 0.1) is 6.92 Å². The van der Waals surface area contributed by atoms with Crippen LogP contribution >= 0.6 is 24.0 Å². The predicted molar refractivity (Wildman–Crippen MR) is 90.7 cm³/mol. The first-order valence-electron chi connectivity index (χ1n) is 7.13. The number of carbonyl (C=O) groups is 2. The van der Waals surface area contributed by atoms with Crippen molar-refractivity contribution in [3.8, 4) is 0 Å². The zero-order valence-electron chi connectivity index (χ0n) is 12.4. The summed E-state index contributed by atoms with van der Waals surface area (Å²) in [6.07, 6.45) is 2.95. The molecule has 0 saturated carbocycles. The third-order valence-corrected chi connectivity index (χ3v) is 3.76. The number of carbonyl (C=O) groups excluding carboxylic acids is 2. The molecule has 1 saturated heterocycles. The van der Waals surface area contributed by atoms with Crippen molar-refractivity contribution in [1.82, 2.24) is 10.6 Å². The SMILES string of the molecule is Cc1ccc(NC(=O)CNC(=O)C2CCCCN2)c(Cl)c1.Cl. The second kappa shape index (κ2) is 8.98. The van der Waals surface area contributed by atoms with Crippen molar-refractivity contribution < 1.29 is 9.59 Å². The first kappa shape index (κ1) is 18.7. The van der Waals surface area contributed by atoms with Crippen molar-refractivity contribution in [2.75, 3.05) is 18.4 Å². The summed E-state index contributed by atoms with van der Waals surface area (Å²) in [5, 5.41) is 8.97. The fourth-order valence-electron chi connectivity index (χ4n) is 2.28. The summed E-state index contributed by atoms with van der Waals surface area (Å²) in [6.45, 7) is 2.72. The Morgan fingerprint density at radius 1 is 1.36 bits per heavy atom. The Labute approximate surface area is 141 Å². The summed E-state index contributed by atoms with van der Waals surface area (Å²) < 4.78 is 0. The lowest BCUT2D eigenvalue weighted by Gasteiger charge is -2.22. The van der Waals surface area contributed by atoms with Crippen LogP contribution in [0.15, 0.2) is 18.2 Å². The summed E-state index contributed by atoms with van der Waals surface area (Å²) >= 11 is 6.05. The van der Waals surface area contributed by atoms with Gasteiger partial charge < -0.3 is 16.0 Å². The van der Waals surface area contributed by atoms with E-state index in [1.165, 1.54) is 0 Å². The minimum Gasteiger partial charge on any atom is -0.346 e. The second-order valence-electron chi connectivity index (χ2n) is 5.25. The largest absolute Gasteiger partial charge is 0.346 e. The Balaban J connectivity index is 0.00000242. The van der Waals surface area contributed by atoms with Crippen LogP contribution in [-0.2, 0) is 9.59 Å². The molecule has 22 heavy (non-hydrogen) atoms. The molecule has 1 aromatic carbocycles. The molecule has 1 heterocycles. The molecule has 0 aliphatic carbocycles. The van der Waals surface area contributed by atoms with Crippen molar-refractivity contribution >= 4 is 41.5 Å². The fraction of sp³-hybridized carbons (Fsp3) is 0.467. The molecule has 0 radical (unpaired) electrons. The van der Waals surface area contributed by atoms with Crippen LogP contribution in [-0.4, -0.2) is 30.9 Å². The fourth-order valence-corrected chi connectivity index (χ4v) is 2.56. The number of aryl methyl sites for hydroxylation is 1. The van der Waals surface area contributed by atoms with Crippen LogP contribution in [0.3, 0.4) is 0 Å². The number of nitrogens with one attached hydrogen (secondary N) is 3. The van der Waals surface area contributed by atoms with E-state index in [1.54, 1.807) is 12.1 Å². The number of halogens is 2. The van der Waals surface area contributed by atoms with Gasteiger partial charge in [-0.25, -0.2) is 0 Å². The topological polar surface area (TPSA) is 70.2 Å². The number of anilines is 1. The smallest absolute Gasteiger partial charge is 0.243 e. The van der Waals surface area contributed by atoms with Gasteiger partial charge in [0.2, 0.25) is 11.8 Å². The predicted octanol–water partition coefficient (Wildman–Crippen LogP) is 2.27. The number of amides is 2. The van der Waals surface area contributed by atoms with E-state index in [1.807, 2.05) is 13.0 Å². The highest BCUT2D eigenvalue weighted by atomic mass is 35.5. The minimum atomic E-state index is -0.287. The van der Waals surface area contributed by atoms with Gasteiger partial charge in [0.25, 0.3) is 0 Å². The molecule has 0 aromatic heterocycles. The summed E-state index contributed by atoms with van der Waals surface area (Å²) in [6, 6.07) is 5.21. The molecule has 7 heteroatoms. The lowest BCUT2D eigenvalue weighted by atomic mass is 10.0. The molecule has 0 bridgehead atoms. The average Bonchev–Trinajstić information content (AvgIpc) is 2.48. The monoisotopic (exact) mass is 345 g/mol. The van der Waals surface area contributed by atoms with Crippen LogP contribution < -0.4 is 16.0 Å². The van der Waals surface area contributed by atoms with E-state index in [0.717, 1.165) is 31.4 Å². The second-order valence-corrected chi connectivity index (χ2v) is 5.66. The van der Waals surface area contributed by atoms with Gasteiger partial charge in [0.15, 0.2) is 0 Å². The first-order chi connectivity index (χ1) is 10.1. The molecule has 3 N–H and O–H groups in total. The number of rotatable bonds is 4. The molecule has 1 aliphatic rings.